The smallest absolute Gasteiger partial charge is 0.137 e. The molecule has 168 valence electrons. The van der Waals surface area contributed by atoms with E-state index in [1.165, 1.54) is 33.2 Å². The molecule has 5 nitrogen and oxygen atoms in total. The highest BCUT2D eigenvalue weighted by molar-refractivity contribution is 5.90. The highest BCUT2D eigenvalue weighted by Crippen LogP contribution is 2.30. The van der Waals surface area contributed by atoms with Gasteiger partial charge < -0.3 is 4.98 Å². The monoisotopic (exact) mass is 445 g/mol. The van der Waals surface area contributed by atoms with Crippen LogP contribution in [0, 0.1) is 0 Å². The molecule has 1 aliphatic rings. The van der Waals surface area contributed by atoms with Gasteiger partial charge in [-0.3, -0.25) is 9.58 Å². The van der Waals surface area contributed by atoms with Crippen LogP contribution in [0.5, 0.6) is 0 Å². The topological polar surface area (TPSA) is 49.7 Å². The molecule has 0 saturated carbocycles. The summed E-state index contributed by atoms with van der Waals surface area (Å²) in [5.41, 5.74) is 8.42. The van der Waals surface area contributed by atoms with Crippen molar-refractivity contribution >= 4 is 16.6 Å². The van der Waals surface area contributed by atoms with Crippen molar-refractivity contribution in [3.63, 3.8) is 0 Å². The summed E-state index contributed by atoms with van der Waals surface area (Å²) in [5, 5.41) is 6.20. The Morgan fingerprint density at radius 1 is 0.882 bits per heavy atom. The van der Waals surface area contributed by atoms with Crippen LogP contribution >= 0.6 is 0 Å². The van der Waals surface area contributed by atoms with Gasteiger partial charge in [0, 0.05) is 60.3 Å². The van der Waals surface area contributed by atoms with E-state index in [9.17, 15) is 0 Å². The molecule has 1 N–H and O–H groups in total. The van der Waals surface area contributed by atoms with Gasteiger partial charge in [0.25, 0.3) is 0 Å². The number of nitrogens with zero attached hydrogens (tertiary/aromatic N) is 4. The lowest BCUT2D eigenvalue weighted by molar-refractivity contribution is 0.294. The molecule has 0 amide bonds. The number of pyridine rings is 1. The molecule has 0 saturated heterocycles. The summed E-state index contributed by atoms with van der Waals surface area (Å²) in [7, 11) is 0. The SMILES string of the molecule is C1=C(c2c[nH]c3ncccc23)CCN(Cc2cn(Cc3ccccc3)nc2-c2ccccc2)C1. The van der Waals surface area contributed by atoms with Crippen LogP contribution in [0.15, 0.2) is 97.5 Å². The van der Waals surface area contributed by atoms with Crippen LogP contribution in [0.1, 0.15) is 23.1 Å². The van der Waals surface area contributed by atoms with Gasteiger partial charge in [-0.25, -0.2) is 4.98 Å². The summed E-state index contributed by atoms with van der Waals surface area (Å²) in [6.45, 7) is 3.62. The van der Waals surface area contributed by atoms with Crippen LogP contribution in [0.4, 0.5) is 0 Å². The normalized spacial score (nSPS) is 14.4. The summed E-state index contributed by atoms with van der Waals surface area (Å²) >= 11 is 0. The number of H-pyrrole nitrogens is 1. The summed E-state index contributed by atoms with van der Waals surface area (Å²) in [6.07, 6.45) is 9.55. The number of rotatable bonds is 6. The van der Waals surface area contributed by atoms with Crippen LogP contribution in [-0.2, 0) is 13.1 Å². The average Bonchev–Trinajstić information content (AvgIpc) is 3.50. The number of hydrogen-bond donors (Lipinski definition) is 1. The zero-order chi connectivity index (χ0) is 22.7. The Labute approximate surface area is 199 Å². The zero-order valence-electron chi connectivity index (χ0n) is 19.1. The lowest BCUT2D eigenvalue weighted by Gasteiger charge is -2.26. The highest BCUT2D eigenvalue weighted by atomic mass is 15.3. The number of aromatic amines is 1. The van der Waals surface area contributed by atoms with Crippen molar-refractivity contribution in [3.05, 3.63) is 114 Å². The molecule has 0 aliphatic carbocycles. The van der Waals surface area contributed by atoms with Crippen LogP contribution in [0.3, 0.4) is 0 Å². The second-order valence-electron chi connectivity index (χ2n) is 8.87. The Bertz CT molecular complexity index is 1430. The molecule has 0 atom stereocenters. The lowest BCUT2D eigenvalue weighted by atomic mass is 9.99. The minimum Gasteiger partial charge on any atom is -0.346 e. The van der Waals surface area contributed by atoms with Crippen molar-refractivity contribution in [2.24, 2.45) is 0 Å². The Hall–Kier alpha value is -3.96. The van der Waals surface area contributed by atoms with E-state index in [2.05, 4.69) is 105 Å². The maximum atomic E-state index is 4.99. The largest absolute Gasteiger partial charge is 0.346 e. The Morgan fingerprint density at radius 2 is 1.71 bits per heavy atom. The summed E-state index contributed by atoms with van der Waals surface area (Å²) in [5.74, 6) is 0. The predicted molar refractivity (Wildman–Crippen MR) is 137 cm³/mol. The van der Waals surface area contributed by atoms with Gasteiger partial charge in [-0.15, -0.1) is 0 Å². The molecule has 34 heavy (non-hydrogen) atoms. The van der Waals surface area contributed by atoms with Gasteiger partial charge in [0.05, 0.1) is 12.2 Å². The highest BCUT2D eigenvalue weighted by Gasteiger charge is 2.19. The van der Waals surface area contributed by atoms with E-state index in [1.807, 2.05) is 12.3 Å². The molecule has 5 aromatic rings. The molecule has 0 spiro atoms. The number of hydrogen-bond acceptors (Lipinski definition) is 3. The molecule has 6 rings (SSSR count). The van der Waals surface area contributed by atoms with E-state index in [0.717, 1.165) is 43.9 Å². The second-order valence-corrected chi connectivity index (χ2v) is 8.87. The Morgan fingerprint density at radius 3 is 2.50 bits per heavy atom. The Kier molecular flexibility index (Phi) is 5.53. The number of nitrogens with one attached hydrogen (secondary N) is 1. The molecule has 1 aliphatic heterocycles. The van der Waals surface area contributed by atoms with Gasteiger partial charge in [0.15, 0.2) is 0 Å². The van der Waals surface area contributed by atoms with E-state index >= 15 is 0 Å². The molecule has 0 bridgehead atoms. The zero-order valence-corrected chi connectivity index (χ0v) is 19.1. The molecule has 2 aromatic carbocycles. The van der Waals surface area contributed by atoms with Gasteiger partial charge in [-0.2, -0.15) is 5.10 Å². The summed E-state index contributed by atoms with van der Waals surface area (Å²) < 4.78 is 2.08. The van der Waals surface area contributed by atoms with Gasteiger partial charge in [-0.1, -0.05) is 66.7 Å². The van der Waals surface area contributed by atoms with Gasteiger partial charge in [0.1, 0.15) is 5.65 Å². The molecule has 0 radical (unpaired) electrons. The predicted octanol–water partition coefficient (Wildman–Crippen LogP) is 5.76. The van der Waals surface area contributed by atoms with Crippen LogP contribution in [0.25, 0.3) is 27.9 Å². The van der Waals surface area contributed by atoms with Crippen molar-refractivity contribution in [1.82, 2.24) is 24.6 Å². The first kappa shape index (κ1) is 20.6. The van der Waals surface area contributed by atoms with Crippen LogP contribution in [-0.4, -0.2) is 37.7 Å². The molecule has 4 heterocycles. The maximum absolute atomic E-state index is 4.99. The quantitative estimate of drug-likeness (QED) is 0.361. The second kappa shape index (κ2) is 9.12. The number of fused-ring (bicyclic) bond motifs is 1. The number of benzene rings is 2. The number of aromatic nitrogens is 4. The molecule has 3 aromatic heterocycles. The van der Waals surface area contributed by atoms with E-state index < -0.39 is 0 Å². The third-order valence-electron chi connectivity index (χ3n) is 6.56. The standard InChI is InChI=1S/C29H27N5/c1-3-8-22(9-4-1)19-34-21-25(28(32-34)24-10-5-2-6-11-24)20-33-16-13-23(14-17-33)27-18-31-29-26(27)12-7-15-30-29/h1-13,15,18,21H,14,16-17,19-20H2,(H,30,31). The van der Waals surface area contributed by atoms with Crippen LogP contribution < -0.4 is 0 Å². The first-order valence-electron chi connectivity index (χ1n) is 11.8. The fraction of sp³-hybridized carbons (Fsp3) is 0.172. The average molecular weight is 446 g/mol. The minimum absolute atomic E-state index is 0.777. The summed E-state index contributed by atoms with van der Waals surface area (Å²) in [4.78, 5) is 10.3. The van der Waals surface area contributed by atoms with Crippen molar-refractivity contribution in [2.45, 2.75) is 19.5 Å². The minimum atomic E-state index is 0.777. The van der Waals surface area contributed by atoms with E-state index in [4.69, 9.17) is 5.10 Å². The van der Waals surface area contributed by atoms with Gasteiger partial charge in [0.2, 0.25) is 0 Å². The fourth-order valence-corrected chi connectivity index (χ4v) is 4.83. The Balaban J connectivity index is 1.24. The van der Waals surface area contributed by atoms with Crippen molar-refractivity contribution in [3.8, 4) is 11.3 Å². The lowest BCUT2D eigenvalue weighted by Crippen LogP contribution is -2.28. The molecule has 5 heteroatoms. The van der Waals surface area contributed by atoms with Gasteiger partial charge >= 0.3 is 0 Å². The fourth-order valence-electron chi connectivity index (χ4n) is 4.83. The third kappa shape index (κ3) is 4.18. The first-order chi connectivity index (χ1) is 16.8. The van der Waals surface area contributed by atoms with Crippen molar-refractivity contribution in [1.29, 1.82) is 0 Å². The molecular formula is C29H27N5. The maximum Gasteiger partial charge on any atom is 0.137 e. The van der Waals surface area contributed by atoms with E-state index in [1.54, 1.807) is 0 Å². The van der Waals surface area contributed by atoms with Crippen LogP contribution in [0.2, 0.25) is 0 Å². The van der Waals surface area contributed by atoms with Crippen molar-refractivity contribution < 1.29 is 0 Å². The van der Waals surface area contributed by atoms with E-state index in [-0.39, 0.29) is 0 Å². The van der Waals surface area contributed by atoms with Crippen molar-refractivity contribution in [2.75, 3.05) is 13.1 Å². The van der Waals surface area contributed by atoms with E-state index in [0.29, 0.717) is 0 Å². The molecular weight excluding hydrogens is 418 g/mol. The molecule has 0 fully saturated rings. The first-order valence-corrected chi connectivity index (χ1v) is 11.8. The summed E-state index contributed by atoms with van der Waals surface area (Å²) in [6, 6.07) is 25.2. The van der Waals surface area contributed by atoms with Gasteiger partial charge in [-0.05, 0) is 29.7 Å². The third-order valence-corrected chi connectivity index (χ3v) is 6.56. The molecule has 0 unspecified atom stereocenters.